The van der Waals surface area contributed by atoms with Gasteiger partial charge in [-0.15, -0.1) is 0 Å². The lowest BCUT2D eigenvalue weighted by atomic mass is 10.0. The van der Waals surface area contributed by atoms with Crippen molar-refractivity contribution in [1.82, 2.24) is 0 Å². The number of fused-ring (bicyclic) bond motifs is 1. The Kier molecular flexibility index (Phi) is 3.30. The Bertz CT molecular complexity index is 427. The molecule has 0 saturated carbocycles. The molecule has 1 heterocycles. The number of aliphatic hydroxyl groups excluding tert-OH is 1. The molecule has 0 bridgehead atoms. The quantitative estimate of drug-likeness (QED) is 0.922. The Labute approximate surface area is 103 Å². The summed E-state index contributed by atoms with van der Waals surface area (Å²) in [6, 6.07) is 3.89. The number of rotatable bonds is 3. The molecule has 4 heteroatoms. The summed E-state index contributed by atoms with van der Waals surface area (Å²) in [4.78, 5) is 11.5. The minimum absolute atomic E-state index is 0.184. The van der Waals surface area contributed by atoms with Crippen molar-refractivity contribution >= 4 is 21.7 Å². The van der Waals surface area contributed by atoms with Gasteiger partial charge in [-0.05, 0) is 24.6 Å². The van der Waals surface area contributed by atoms with E-state index in [4.69, 9.17) is 4.74 Å². The Morgan fingerprint density at radius 3 is 3.06 bits per heavy atom. The number of hydrogen-bond donors (Lipinski definition) is 1. The Hall–Kier alpha value is -0.870. The summed E-state index contributed by atoms with van der Waals surface area (Å²) in [7, 11) is 0. The summed E-state index contributed by atoms with van der Waals surface area (Å²) in [5.41, 5.74) is 1.98. The second-order valence-corrected chi connectivity index (χ2v) is 4.89. The van der Waals surface area contributed by atoms with E-state index in [-0.39, 0.29) is 12.2 Å². The standard InChI is InChI=1S/C12H13BrO3/c1-7(14)11(15)6-9-5-10(13)4-8-2-3-16-12(8)9/h4-5,7,14H,2-3,6H2,1H3. The van der Waals surface area contributed by atoms with Gasteiger partial charge in [-0.2, -0.15) is 0 Å². The first-order chi connectivity index (χ1) is 7.58. The predicted octanol–water partition coefficient (Wildman–Crippen LogP) is 1.88. The van der Waals surface area contributed by atoms with Crippen molar-refractivity contribution in [2.75, 3.05) is 6.61 Å². The van der Waals surface area contributed by atoms with Gasteiger partial charge in [0.05, 0.1) is 6.61 Å². The third-order valence-corrected chi connectivity index (χ3v) is 3.11. The Balaban J connectivity index is 2.30. The fourth-order valence-corrected chi connectivity index (χ4v) is 2.37. The Morgan fingerprint density at radius 2 is 2.38 bits per heavy atom. The van der Waals surface area contributed by atoms with Crippen molar-refractivity contribution in [1.29, 1.82) is 0 Å². The molecule has 0 aliphatic carbocycles. The SMILES string of the molecule is CC(O)C(=O)Cc1cc(Br)cc2c1OCC2. The van der Waals surface area contributed by atoms with E-state index in [2.05, 4.69) is 15.9 Å². The van der Waals surface area contributed by atoms with Crippen molar-refractivity contribution in [3.63, 3.8) is 0 Å². The second-order valence-electron chi connectivity index (χ2n) is 3.97. The number of carbonyl (C=O) groups is 1. The van der Waals surface area contributed by atoms with Crippen LogP contribution in [0.15, 0.2) is 16.6 Å². The van der Waals surface area contributed by atoms with E-state index in [0.717, 1.165) is 27.8 Å². The highest BCUT2D eigenvalue weighted by molar-refractivity contribution is 9.10. The summed E-state index contributed by atoms with van der Waals surface area (Å²) < 4.78 is 6.46. The van der Waals surface area contributed by atoms with E-state index in [9.17, 15) is 9.90 Å². The van der Waals surface area contributed by atoms with Gasteiger partial charge in [-0.3, -0.25) is 4.79 Å². The highest BCUT2D eigenvalue weighted by atomic mass is 79.9. The van der Waals surface area contributed by atoms with Gasteiger partial charge in [0.25, 0.3) is 0 Å². The van der Waals surface area contributed by atoms with Crippen molar-refractivity contribution in [3.8, 4) is 5.75 Å². The lowest BCUT2D eigenvalue weighted by Crippen LogP contribution is -2.18. The highest BCUT2D eigenvalue weighted by Crippen LogP contribution is 2.33. The van der Waals surface area contributed by atoms with Gasteiger partial charge < -0.3 is 9.84 Å². The maximum Gasteiger partial charge on any atom is 0.165 e. The molecular formula is C12H13BrO3. The average molecular weight is 285 g/mol. The van der Waals surface area contributed by atoms with Crippen molar-refractivity contribution < 1.29 is 14.6 Å². The molecule has 2 rings (SSSR count). The molecule has 86 valence electrons. The first-order valence-corrected chi connectivity index (χ1v) is 6.02. The molecule has 0 spiro atoms. The molecule has 1 N–H and O–H groups in total. The largest absolute Gasteiger partial charge is 0.493 e. The van der Waals surface area contributed by atoms with Crippen molar-refractivity contribution in [2.24, 2.45) is 0 Å². The number of ketones is 1. The van der Waals surface area contributed by atoms with E-state index >= 15 is 0 Å². The van der Waals surface area contributed by atoms with Crippen LogP contribution in [-0.4, -0.2) is 23.6 Å². The van der Waals surface area contributed by atoms with Crippen LogP contribution in [0.1, 0.15) is 18.1 Å². The van der Waals surface area contributed by atoms with E-state index in [1.165, 1.54) is 6.92 Å². The van der Waals surface area contributed by atoms with Gasteiger partial charge in [0.15, 0.2) is 5.78 Å². The minimum Gasteiger partial charge on any atom is -0.493 e. The molecule has 0 aromatic heterocycles. The lowest BCUT2D eigenvalue weighted by molar-refractivity contribution is -0.125. The summed E-state index contributed by atoms with van der Waals surface area (Å²) in [6.45, 7) is 2.16. The molecular weight excluding hydrogens is 272 g/mol. The third kappa shape index (κ3) is 2.28. The van der Waals surface area contributed by atoms with Gasteiger partial charge in [-0.25, -0.2) is 0 Å². The molecule has 0 amide bonds. The molecule has 16 heavy (non-hydrogen) atoms. The van der Waals surface area contributed by atoms with Crippen LogP contribution < -0.4 is 4.74 Å². The van der Waals surface area contributed by atoms with Gasteiger partial charge in [0.2, 0.25) is 0 Å². The fourth-order valence-electron chi connectivity index (χ4n) is 1.81. The van der Waals surface area contributed by atoms with Gasteiger partial charge in [-0.1, -0.05) is 15.9 Å². The predicted molar refractivity (Wildman–Crippen MR) is 63.7 cm³/mol. The number of carbonyl (C=O) groups excluding carboxylic acids is 1. The molecule has 1 aromatic carbocycles. The zero-order valence-corrected chi connectivity index (χ0v) is 10.6. The first kappa shape index (κ1) is 11.6. The van der Waals surface area contributed by atoms with Crippen LogP contribution in [0.2, 0.25) is 0 Å². The van der Waals surface area contributed by atoms with Crippen LogP contribution in [0.5, 0.6) is 5.75 Å². The zero-order valence-electron chi connectivity index (χ0n) is 9.00. The summed E-state index contributed by atoms with van der Waals surface area (Å²) in [5.74, 6) is 0.632. The summed E-state index contributed by atoms with van der Waals surface area (Å²) in [6.07, 6.45) is 0.181. The van der Waals surface area contributed by atoms with Gasteiger partial charge in [0.1, 0.15) is 11.9 Å². The van der Waals surface area contributed by atoms with Crippen LogP contribution in [0.25, 0.3) is 0 Å². The van der Waals surface area contributed by atoms with Gasteiger partial charge in [0, 0.05) is 22.9 Å². The number of hydrogen-bond acceptors (Lipinski definition) is 3. The number of halogens is 1. The fraction of sp³-hybridized carbons (Fsp3) is 0.417. The second kappa shape index (κ2) is 4.55. The molecule has 3 nitrogen and oxygen atoms in total. The average Bonchev–Trinajstić information content (AvgIpc) is 2.65. The molecule has 1 aliphatic rings. The van der Waals surface area contributed by atoms with Crippen LogP contribution in [0.3, 0.4) is 0 Å². The molecule has 0 radical (unpaired) electrons. The molecule has 1 aromatic rings. The van der Waals surface area contributed by atoms with Crippen LogP contribution in [0, 0.1) is 0 Å². The van der Waals surface area contributed by atoms with Crippen LogP contribution in [-0.2, 0) is 17.6 Å². The molecule has 1 aliphatic heterocycles. The van der Waals surface area contributed by atoms with Crippen molar-refractivity contribution in [3.05, 3.63) is 27.7 Å². The third-order valence-electron chi connectivity index (χ3n) is 2.66. The molecule has 1 unspecified atom stereocenters. The summed E-state index contributed by atoms with van der Waals surface area (Å²) >= 11 is 3.41. The molecule has 0 saturated heterocycles. The number of aliphatic hydroxyl groups is 1. The molecule has 1 atom stereocenters. The highest BCUT2D eigenvalue weighted by Gasteiger charge is 2.20. The van der Waals surface area contributed by atoms with E-state index in [0.29, 0.717) is 6.61 Å². The minimum atomic E-state index is -0.920. The summed E-state index contributed by atoms with van der Waals surface area (Å²) in [5, 5.41) is 9.20. The number of ether oxygens (including phenoxy) is 1. The number of Topliss-reactive ketones (excluding diaryl/α,β-unsaturated/α-hetero) is 1. The van der Waals surface area contributed by atoms with Crippen molar-refractivity contribution in [2.45, 2.75) is 25.9 Å². The van der Waals surface area contributed by atoms with Crippen LogP contribution in [0.4, 0.5) is 0 Å². The normalized spacial score (nSPS) is 15.4. The Morgan fingerprint density at radius 1 is 1.62 bits per heavy atom. The molecule has 0 fully saturated rings. The smallest absolute Gasteiger partial charge is 0.165 e. The maximum absolute atomic E-state index is 11.5. The topological polar surface area (TPSA) is 46.5 Å². The van der Waals surface area contributed by atoms with E-state index < -0.39 is 6.10 Å². The van der Waals surface area contributed by atoms with Gasteiger partial charge >= 0.3 is 0 Å². The zero-order chi connectivity index (χ0) is 11.7. The monoisotopic (exact) mass is 284 g/mol. The van der Waals surface area contributed by atoms with Crippen LogP contribution >= 0.6 is 15.9 Å². The van der Waals surface area contributed by atoms with E-state index in [1.54, 1.807) is 0 Å². The van der Waals surface area contributed by atoms with E-state index in [1.807, 2.05) is 12.1 Å². The maximum atomic E-state index is 11.5. The first-order valence-electron chi connectivity index (χ1n) is 5.23. The number of benzene rings is 1. The lowest BCUT2D eigenvalue weighted by Gasteiger charge is -2.09.